The minimum Gasteiger partial charge on any atom is -0.591 e. The summed E-state index contributed by atoms with van der Waals surface area (Å²) in [4.78, 5) is 0. The lowest BCUT2D eigenvalue weighted by molar-refractivity contribution is 0.480. The number of halogens is 1. The third-order valence-electron chi connectivity index (χ3n) is 2.75. The molecule has 2 rings (SSSR count). The van der Waals surface area contributed by atoms with Crippen molar-refractivity contribution in [1.82, 2.24) is 0 Å². The van der Waals surface area contributed by atoms with Gasteiger partial charge in [-0.25, -0.2) is 4.39 Å². The van der Waals surface area contributed by atoms with E-state index in [9.17, 15) is 8.94 Å². The van der Waals surface area contributed by atoms with Crippen molar-refractivity contribution >= 4 is 17.6 Å². The molecular formula is C17H18FNO2S. The first-order valence-corrected chi connectivity index (χ1v) is 7.95. The molecule has 1 unspecified atom stereocenters. The molecule has 0 spiro atoms. The molecular weight excluding hydrogens is 301 g/mol. The molecule has 0 aromatic heterocycles. The largest absolute Gasteiger partial charge is 0.591 e. The van der Waals surface area contributed by atoms with E-state index in [1.807, 2.05) is 32.9 Å². The van der Waals surface area contributed by atoms with Gasteiger partial charge in [0.2, 0.25) is 0 Å². The van der Waals surface area contributed by atoms with Crippen LogP contribution in [0.2, 0.25) is 0 Å². The summed E-state index contributed by atoms with van der Waals surface area (Å²) in [6.07, 6.45) is 1.59. The first kappa shape index (κ1) is 16.5. The maximum atomic E-state index is 12.8. The second kappa shape index (κ2) is 6.94. The molecule has 2 aromatic carbocycles. The van der Waals surface area contributed by atoms with Gasteiger partial charge >= 0.3 is 0 Å². The maximum Gasteiger partial charge on any atom is 0.144 e. The van der Waals surface area contributed by atoms with Gasteiger partial charge in [-0.2, -0.15) is 0 Å². The van der Waals surface area contributed by atoms with Gasteiger partial charge in [-0.15, -0.1) is 0 Å². The van der Waals surface area contributed by atoms with Gasteiger partial charge in [-0.3, -0.25) is 0 Å². The molecule has 0 saturated heterocycles. The van der Waals surface area contributed by atoms with E-state index in [1.165, 1.54) is 12.1 Å². The summed E-state index contributed by atoms with van der Waals surface area (Å²) < 4.78 is 33.9. The fourth-order valence-electron chi connectivity index (χ4n) is 1.53. The van der Waals surface area contributed by atoms with Gasteiger partial charge in [0, 0.05) is 0 Å². The van der Waals surface area contributed by atoms with Crippen LogP contribution in [-0.4, -0.2) is 15.5 Å². The Morgan fingerprint density at radius 2 is 1.50 bits per heavy atom. The average Bonchev–Trinajstić information content (AvgIpc) is 2.47. The number of rotatable bonds is 4. The summed E-state index contributed by atoms with van der Waals surface area (Å²) in [6.45, 7) is 5.63. The number of hydrogen-bond donors (Lipinski definition) is 0. The normalized spacial score (nSPS) is 13.3. The summed E-state index contributed by atoms with van der Waals surface area (Å²) in [5.41, 5.74) is 0.837. The zero-order valence-corrected chi connectivity index (χ0v) is 13.6. The van der Waals surface area contributed by atoms with E-state index in [-0.39, 0.29) is 10.6 Å². The van der Waals surface area contributed by atoms with Gasteiger partial charge in [0.25, 0.3) is 0 Å². The molecule has 3 nitrogen and oxygen atoms in total. The standard InChI is InChI=1S/C17H18FNO2S/c1-17(2,3)22(20)19-12-13-4-8-15(9-5-13)21-16-10-6-14(18)7-11-16/h4-12H,1-3H3/b19-12+. The molecule has 116 valence electrons. The lowest BCUT2D eigenvalue weighted by Crippen LogP contribution is -2.25. The SMILES string of the molecule is CC(C)(C)[S+]([O-])/N=C/c1ccc(Oc2ccc(F)cc2)cc1. The van der Waals surface area contributed by atoms with Gasteiger partial charge in [0.15, 0.2) is 0 Å². The van der Waals surface area contributed by atoms with Gasteiger partial charge in [-0.1, -0.05) is 4.40 Å². The van der Waals surface area contributed by atoms with Crippen molar-refractivity contribution < 1.29 is 13.7 Å². The molecule has 22 heavy (non-hydrogen) atoms. The van der Waals surface area contributed by atoms with Crippen molar-refractivity contribution in [2.45, 2.75) is 25.5 Å². The summed E-state index contributed by atoms with van der Waals surface area (Å²) in [7, 11) is 0. The van der Waals surface area contributed by atoms with Gasteiger partial charge in [0.1, 0.15) is 33.4 Å². The van der Waals surface area contributed by atoms with Crippen LogP contribution in [0.5, 0.6) is 11.5 Å². The highest BCUT2D eigenvalue weighted by atomic mass is 32.2. The molecule has 0 aliphatic rings. The molecule has 0 bridgehead atoms. The van der Waals surface area contributed by atoms with Crippen molar-refractivity contribution in [3.05, 3.63) is 59.9 Å². The number of hydrogen-bond acceptors (Lipinski definition) is 3. The molecule has 0 heterocycles. The third-order valence-corrected chi connectivity index (χ3v) is 4.10. The monoisotopic (exact) mass is 319 g/mol. The first-order valence-electron chi connectivity index (χ1n) is 6.84. The molecule has 1 atom stereocenters. The molecule has 0 N–H and O–H groups in total. The fraction of sp³-hybridized carbons (Fsp3) is 0.235. The quantitative estimate of drug-likeness (QED) is 0.615. The first-order chi connectivity index (χ1) is 10.3. The Morgan fingerprint density at radius 3 is 2.00 bits per heavy atom. The topological polar surface area (TPSA) is 44.7 Å². The van der Waals surface area contributed by atoms with Crippen molar-refractivity contribution in [3.8, 4) is 11.5 Å². The molecule has 5 heteroatoms. The zero-order chi connectivity index (χ0) is 16.2. The highest BCUT2D eigenvalue weighted by molar-refractivity contribution is 7.91. The Kier molecular flexibility index (Phi) is 5.21. The predicted octanol–water partition coefficient (Wildman–Crippen LogP) is 4.50. The van der Waals surface area contributed by atoms with E-state index in [1.54, 1.807) is 30.5 Å². The minimum absolute atomic E-state index is 0.300. The molecule has 0 saturated carbocycles. The Labute approximate surface area is 133 Å². The van der Waals surface area contributed by atoms with Crippen LogP contribution < -0.4 is 4.74 Å². The van der Waals surface area contributed by atoms with Crippen LogP contribution in [0.4, 0.5) is 4.39 Å². The third kappa shape index (κ3) is 4.86. The lowest BCUT2D eigenvalue weighted by Gasteiger charge is -2.17. The fourth-order valence-corrected chi connectivity index (χ4v) is 2.06. The van der Waals surface area contributed by atoms with Gasteiger partial charge < -0.3 is 9.29 Å². The minimum atomic E-state index is -1.27. The lowest BCUT2D eigenvalue weighted by atomic mass is 10.2. The Morgan fingerprint density at radius 1 is 1.00 bits per heavy atom. The smallest absolute Gasteiger partial charge is 0.144 e. The van der Waals surface area contributed by atoms with E-state index in [0.717, 1.165) is 5.56 Å². The van der Waals surface area contributed by atoms with E-state index in [0.29, 0.717) is 11.5 Å². The second-order valence-electron chi connectivity index (χ2n) is 5.72. The molecule has 0 fully saturated rings. The van der Waals surface area contributed by atoms with E-state index < -0.39 is 11.4 Å². The highest BCUT2D eigenvalue weighted by Gasteiger charge is 2.25. The van der Waals surface area contributed by atoms with Crippen LogP contribution in [0.1, 0.15) is 26.3 Å². The average molecular weight is 319 g/mol. The second-order valence-corrected chi connectivity index (χ2v) is 7.65. The molecule has 0 radical (unpaired) electrons. The summed E-state index contributed by atoms with van der Waals surface area (Å²) in [5, 5.41) is 0. The zero-order valence-electron chi connectivity index (χ0n) is 12.7. The number of ether oxygens (including phenoxy) is 1. The van der Waals surface area contributed by atoms with Crippen LogP contribution in [0.15, 0.2) is 52.9 Å². The number of benzene rings is 2. The van der Waals surface area contributed by atoms with Gasteiger partial charge in [-0.05, 0) is 74.9 Å². The Balaban J connectivity index is 2.01. The molecule has 0 aliphatic heterocycles. The number of nitrogens with zero attached hydrogens (tertiary/aromatic N) is 1. The Hall–Kier alpha value is -1.85. The summed E-state index contributed by atoms with van der Waals surface area (Å²) >= 11 is -1.27. The summed E-state index contributed by atoms with van der Waals surface area (Å²) in [6, 6.07) is 13.0. The van der Waals surface area contributed by atoms with Crippen LogP contribution in [-0.2, 0) is 11.4 Å². The van der Waals surface area contributed by atoms with E-state index in [4.69, 9.17) is 4.74 Å². The molecule has 0 amide bonds. The van der Waals surface area contributed by atoms with Crippen molar-refractivity contribution in [1.29, 1.82) is 0 Å². The van der Waals surface area contributed by atoms with E-state index in [2.05, 4.69) is 4.40 Å². The van der Waals surface area contributed by atoms with Crippen molar-refractivity contribution in [2.24, 2.45) is 4.40 Å². The van der Waals surface area contributed by atoms with Crippen molar-refractivity contribution in [3.63, 3.8) is 0 Å². The predicted molar refractivity (Wildman–Crippen MR) is 88.4 cm³/mol. The van der Waals surface area contributed by atoms with Crippen LogP contribution in [0.3, 0.4) is 0 Å². The van der Waals surface area contributed by atoms with Crippen molar-refractivity contribution in [2.75, 3.05) is 0 Å². The molecule has 2 aromatic rings. The van der Waals surface area contributed by atoms with Crippen LogP contribution in [0, 0.1) is 5.82 Å². The van der Waals surface area contributed by atoms with Crippen LogP contribution >= 0.6 is 0 Å². The summed E-state index contributed by atoms with van der Waals surface area (Å²) in [5.74, 6) is 0.906. The Bertz CT molecular complexity index is 633. The van der Waals surface area contributed by atoms with Gasteiger partial charge in [0.05, 0.1) is 6.21 Å². The molecule has 0 aliphatic carbocycles. The maximum absolute atomic E-state index is 12.8. The van der Waals surface area contributed by atoms with E-state index >= 15 is 0 Å². The van der Waals surface area contributed by atoms with Crippen LogP contribution in [0.25, 0.3) is 0 Å². The highest BCUT2D eigenvalue weighted by Crippen LogP contribution is 2.22.